The van der Waals surface area contributed by atoms with Gasteiger partial charge in [0.15, 0.2) is 0 Å². The van der Waals surface area contributed by atoms with Crippen LogP contribution in [0.2, 0.25) is 0 Å². The lowest BCUT2D eigenvalue weighted by Crippen LogP contribution is -2.08. The van der Waals surface area contributed by atoms with Crippen LogP contribution in [-0.4, -0.2) is 24.0 Å². The molecule has 0 aliphatic carbocycles. The normalized spacial score (nSPS) is 14.1. The highest BCUT2D eigenvalue weighted by Gasteiger charge is 2.24. The number of ether oxygens (including phenoxy) is 1. The Labute approximate surface area is 139 Å². The monoisotopic (exact) mass is 323 g/mol. The number of hydrogen-bond acceptors (Lipinski definition) is 4. The van der Waals surface area contributed by atoms with Crippen LogP contribution in [0.25, 0.3) is 22.0 Å². The van der Waals surface area contributed by atoms with Gasteiger partial charge in [-0.05, 0) is 19.2 Å². The van der Waals surface area contributed by atoms with Crippen LogP contribution in [0.15, 0.2) is 36.4 Å². The summed E-state index contributed by atoms with van der Waals surface area (Å²) in [6, 6.07) is 10.5. The first kappa shape index (κ1) is 14.9. The third-order valence-corrected chi connectivity index (χ3v) is 4.56. The van der Waals surface area contributed by atoms with Crippen LogP contribution in [-0.2, 0) is 13.1 Å². The first-order chi connectivity index (χ1) is 11.6. The molecule has 0 atom stereocenters. The fourth-order valence-electron chi connectivity index (χ4n) is 3.43. The summed E-state index contributed by atoms with van der Waals surface area (Å²) in [5.74, 6) is 0.153. The van der Waals surface area contributed by atoms with Crippen LogP contribution < -0.4 is 10.5 Å². The van der Waals surface area contributed by atoms with Crippen molar-refractivity contribution in [3.05, 3.63) is 53.5 Å². The van der Waals surface area contributed by atoms with E-state index in [9.17, 15) is 4.39 Å². The number of nitrogen functional groups attached to an aromatic ring is 1. The maximum Gasteiger partial charge on any atom is 0.134 e. The summed E-state index contributed by atoms with van der Waals surface area (Å²) >= 11 is 0. The minimum Gasteiger partial charge on any atom is -0.496 e. The molecular weight excluding hydrogens is 305 g/mol. The van der Waals surface area contributed by atoms with Crippen molar-refractivity contribution in [2.24, 2.45) is 0 Å². The largest absolute Gasteiger partial charge is 0.496 e. The van der Waals surface area contributed by atoms with Gasteiger partial charge in [-0.25, -0.2) is 4.39 Å². The maximum atomic E-state index is 14.5. The van der Waals surface area contributed by atoms with E-state index in [0.717, 1.165) is 35.4 Å². The van der Waals surface area contributed by atoms with Gasteiger partial charge in [-0.1, -0.05) is 24.3 Å². The summed E-state index contributed by atoms with van der Waals surface area (Å²) in [4.78, 5) is 6.98. The number of halogens is 1. The number of aromatic nitrogens is 1. The standard InChI is InChI=1S/C19H18FN3O/c1-23-9-13-15(10-23)22-19-11(5-3-6-12(19)18(13)21)17-14(20)7-4-8-16(17)24-2/h3-8H,9-10H2,1-2H3,(H2,21,22). The summed E-state index contributed by atoms with van der Waals surface area (Å²) in [6.45, 7) is 1.54. The van der Waals surface area contributed by atoms with Crippen LogP contribution >= 0.6 is 0 Å². The van der Waals surface area contributed by atoms with Crippen molar-refractivity contribution >= 4 is 16.6 Å². The number of para-hydroxylation sites is 1. The minimum absolute atomic E-state index is 0.333. The Morgan fingerprint density at radius 1 is 1.17 bits per heavy atom. The number of rotatable bonds is 2. The van der Waals surface area contributed by atoms with Crippen molar-refractivity contribution in [3.8, 4) is 16.9 Å². The third kappa shape index (κ3) is 2.12. The molecule has 0 saturated carbocycles. The number of nitrogens with zero attached hydrogens (tertiary/aromatic N) is 2. The predicted octanol–water partition coefficient (Wildman–Crippen LogP) is 3.58. The van der Waals surface area contributed by atoms with Gasteiger partial charge in [-0.2, -0.15) is 0 Å². The minimum atomic E-state index is -0.333. The number of pyridine rings is 1. The summed E-state index contributed by atoms with van der Waals surface area (Å²) in [5.41, 5.74) is 11.0. The molecule has 0 amide bonds. The molecule has 0 fully saturated rings. The Balaban J connectivity index is 2.06. The average molecular weight is 323 g/mol. The van der Waals surface area contributed by atoms with Gasteiger partial charge in [0.1, 0.15) is 11.6 Å². The van der Waals surface area contributed by atoms with Crippen molar-refractivity contribution in [3.63, 3.8) is 0 Å². The molecule has 4 rings (SSSR count). The van der Waals surface area contributed by atoms with Gasteiger partial charge in [0.2, 0.25) is 0 Å². The van der Waals surface area contributed by atoms with E-state index >= 15 is 0 Å². The Kier molecular flexibility index (Phi) is 3.39. The molecule has 4 nitrogen and oxygen atoms in total. The summed E-state index contributed by atoms with van der Waals surface area (Å²) < 4.78 is 19.9. The van der Waals surface area contributed by atoms with Crippen LogP contribution in [0.3, 0.4) is 0 Å². The molecule has 1 aliphatic heterocycles. The van der Waals surface area contributed by atoms with E-state index in [-0.39, 0.29) is 5.82 Å². The molecule has 122 valence electrons. The van der Waals surface area contributed by atoms with Crippen molar-refractivity contribution in [1.29, 1.82) is 0 Å². The van der Waals surface area contributed by atoms with E-state index < -0.39 is 0 Å². The van der Waals surface area contributed by atoms with Gasteiger partial charge in [0.25, 0.3) is 0 Å². The van der Waals surface area contributed by atoms with Crippen LogP contribution in [0, 0.1) is 5.82 Å². The Bertz CT molecular complexity index is 955. The second-order valence-corrected chi connectivity index (χ2v) is 6.14. The lowest BCUT2D eigenvalue weighted by atomic mass is 9.98. The summed E-state index contributed by atoms with van der Waals surface area (Å²) in [6.07, 6.45) is 0. The molecule has 0 unspecified atom stereocenters. The molecule has 1 aliphatic rings. The molecule has 1 aromatic heterocycles. The molecule has 0 spiro atoms. The van der Waals surface area contributed by atoms with Gasteiger partial charge in [-0.15, -0.1) is 0 Å². The van der Waals surface area contributed by atoms with E-state index in [0.29, 0.717) is 22.4 Å². The molecular formula is C19H18FN3O. The van der Waals surface area contributed by atoms with Crippen LogP contribution in [0.5, 0.6) is 5.75 Å². The Morgan fingerprint density at radius 3 is 2.75 bits per heavy atom. The van der Waals surface area contributed by atoms with Gasteiger partial charge >= 0.3 is 0 Å². The molecule has 2 N–H and O–H groups in total. The SMILES string of the molecule is COc1cccc(F)c1-c1cccc2c(N)c3c(nc12)CN(C)C3. The molecule has 2 aromatic carbocycles. The zero-order valence-corrected chi connectivity index (χ0v) is 13.6. The maximum absolute atomic E-state index is 14.5. The Morgan fingerprint density at radius 2 is 1.96 bits per heavy atom. The Hall–Kier alpha value is -2.66. The van der Waals surface area contributed by atoms with Crippen molar-refractivity contribution in [2.45, 2.75) is 13.1 Å². The highest BCUT2D eigenvalue weighted by molar-refractivity contribution is 6.02. The van der Waals surface area contributed by atoms with E-state index in [1.807, 2.05) is 25.2 Å². The quantitative estimate of drug-likeness (QED) is 0.783. The first-order valence-electron chi connectivity index (χ1n) is 7.81. The first-order valence-corrected chi connectivity index (χ1v) is 7.81. The third-order valence-electron chi connectivity index (χ3n) is 4.56. The molecule has 24 heavy (non-hydrogen) atoms. The van der Waals surface area contributed by atoms with Gasteiger partial charge < -0.3 is 10.5 Å². The van der Waals surface area contributed by atoms with Crippen molar-refractivity contribution in [2.75, 3.05) is 19.9 Å². The number of nitrogens with two attached hydrogens (primary N) is 1. The van der Waals surface area contributed by atoms with Crippen molar-refractivity contribution < 1.29 is 9.13 Å². The van der Waals surface area contributed by atoms with E-state index in [1.165, 1.54) is 13.2 Å². The molecule has 0 saturated heterocycles. The van der Waals surface area contributed by atoms with Gasteiger partial charge in [-0.3, -0.25) is 9.88 Å². The average Bonchev–Trinajstić information content (AvgIpc) is 2.95. The molecule has 3 aromatic rings. The lowest BCUT2D eigenvalue weighted by molar-refractivity contribution is 0.351. The second kappa shape index (κ2) is 5.46. The number of anilines is 1. The number of fused-ring (bicyclic) bond motifs is 2. The fraction of sp³-hybridized carbons (Fsp3) is 0.211. The molecule has 0 radical (unpaired) electrons. The van der Waals surface area contributed by atoms with Gasteiger partial charge in [0, 0.05) is 35.3 Å². The fourth-order valence-corrected chi connectivity index (χ4v) is 3.43. The second-order valence-electron chi connectivity index (χ2n) is 6.14. The number of benzene rings is 2. The van der Waals surface area contributed by atoms with Crippen molar-refractivity contribution in [1.82, 2.24) is 9.88 Å². The van der Waals surface area contributed by atoms with E-state index in [1.54, 1.807) is 12.1 Å². The number of methoxy groups -OCH3 is 1. The van der Waals surface area contributed by atoms with Gasteiger partial charge in [0.05, 0.1) is 23.9 Å². The van der Waals surface area contributed by atoms with E-state index in [4.69, 9.17) is 15.5 Å². The molecule has 2 heterocycles. The zero-order valence-electron chi connectivity index (χ0n) is 13.6. The topological polar surface area (TPSA) is 51.4 Å². The number of hydrogen-bond donors (Lipinski definition) is 1. The van der Waals surface area contributed by atoms with Crippen LogP contribution in [0.4, 0.5) is 10.1 Å². The highest BCUT2D eigenvalue weighted by Crippen LogP contribution is 2.39. The molecule has 0 bridgehead atoms. The zero-order chi connectivity index (χ0) is 16.8. The summed E-state index contributed by atoms with van der Waals surface area (Å²) in [7, 11) is 3.57. The smallest absolute Gasteiger partial charge is 0.134 e. The van der Waals surface area contributed by atoms with Crippen LogP contribution in [0.1, 0.15) is 11.3 Å². The predicted molar refractivity (Wildman–Crippen MR) is 93.3 cm³/mol. The molecule has 5 heteroatoms. The highest BCUT2D eigenvalue weighted by atomic mass is 19.1. The summed E-state index contributed by atoms with van der Waals surface area (Å²) in [5, 5.41) is 0.854. The lowest BCUT2D eigenvalue weighted by Gasteiger charge is -2.14. The van der Waals surface area contributed by atoms with E-state index in [2.05, 4.69) is 4.90 Å².